The van der Waals surface area contributed by atoms with Crippen LogP contribution in [0.3, 0.4) is 0 Å². The second kappa shape index (κ2) is 4.49. The molecule has 5 rings (SSSR count). The van der Waals surface area contributed by atoms with E-state index in [1.807, 2.05) is 24.3 Å². The molecular formula is C18H25NO. The molecule has 1 atom stereocenters. The van der Waals surface area contributed by atoms with Gasteiger partial charge in [0, 0.05) is 5.69 Å². The molecule has 4 saturated carbocycles. The third kappa shape index (κ3) is 2.14. The third-order valence-corrected chi connectivity index (χ3v) is 6.09. The monoisotopic (exact) mass is 271 g/mol. The van der Waals surface area contributed by atoms with Crippen LogP contribution >= 0.6 is 0 Å². The van der Waals surface area contributed by atoms with E-state index >= 15 is 0 Å². The van der Waals surface area contributed by atoms with Crippen LogP contribution in [0.1, 0.15) is 56.6 Å². The summed E-state index contributed by atoms with van der Waals surface area (Å²) in [5, 5.41) is 10.6. The van der Waals surface area contributed by atoms with Crippen molar-refractivity contribution in [2.24, 2.45) is 23.2 Å². The number of nitrogens with two attached hydrogens (primary N) is 1. The number of hydrogen-bond acceptors (Lipinski definition) is 2. The van der Waals surface area contributed by atoms with Crippen molar-refractivity contribution in [2.75, 3.05) is 5.73 Å². The molecule has 108 valence electrons. The smallest absolute Gasteiger partial charge is 0.0796 e. The minimum absolute atomic E-state index is 0.338. The van der Waals surface area contributed by atoms with E-state index in [4.69, 9.17) is 5.73 Å². The lowest BCUT2D eigenvalue weighted by atomic mass is 9.48. The molecule has 4 aliphatic carbocycles. The number of rotatable bonds is 3. The lowest BCUT2D eigenvalue weighted by molar-refractivity contribution is -0.0764. The Morgan fingerprint density at radius 1 is 1.10 bits per heavy atom. The van der Waals surface area contributed by atoms with Crippen molar-refractivity contribution in [1.29, 1.82) is 0 Å². The van der Waals surface area contributed by atoms with Gasteiger partial charge in [-0.1, -0.05) is 12.1 Å². The lowest BCUT2D eigenvalue weighted by Gasteiger charge is -2.57. The molecule has 0 aromatic heterocycles. The highest BCUT2D eigenvalue weighted by Gasteiger charge is 2.51. The van der Waals surface area contributed by atoms with Crippen molar-refractivity contribution in [2.45, 2.75) is 51.0 Å². The third-order valence-electron chi connectivity index (χ3n) is 6.09. The topological polar surface area (TPSA) is 46.2 Å². The normalized spacial score (nSPS) is 40.0. The number of aliphatic hydroxyl groups excluding tert-OH is 1. The highest BCUT2D eigenvalue weighted by molar-refractivity contribution is 5.41. The number of aliphatic hydroxyl groups is 1. The molecule has 0 spiro atoms. The van der Waals surface area contributed by atoms with Gasteiger partial charge in [0.15, 0.2) is 0 Å². The Morgan fingerprint density at radius 3 is 2.25 bits per heavy atom. The van der Waals surface area contributed by atoms with Gasteiger partial charge in [0.1, 0.15) is 0 Å². The SMILES string of the molecule is Nc1cccc([C@@H](O)CC23CC4CC(CC(C4)C2)C3)c1. The van der Waals surface area contributed by atoms with Crippen LogP contribution in [0.2, 0.25) is 0 Å². The molecule has 4 aliphatic rings. The van der Waals surface area contributed by atoms with Gasteiger partial charge in [0.05, 0.1) is 6.10 Å². The fourth-order valence-corrected chi connectivity index (χ4v) is 5.83. The van der Waals surface area contributed by atoms with Crippen molar-refractivity contribution in [3.63, 3.8) is 0 Å². The van der Waals surface area contributed by atoms with Crippen LogP contribution in [-0.4, -0.2) is 5.11 Å². The molecule has 1 aromatic rings. The van der Waals surface area contributed by atoms with Gasteiger partial charge in [-0.25, -0.2) is 0 Å². The summed E-state index contributed by atoms with van der Waals surface area (Å²) in [5.41, 5.74) is 8.03. The zero-order valence-corrected chi connectivity index (χ0v) is 12.1. The summed E-state index contributed by atoms with van der Waals surface area (Å²) in [6.45, 7) is 0. The predicted molar refractivity (Wildman–Crippen MR) is 81.0 cm³/mol. The van der Waals surface area contributed by atoms with Gasteiger partial charge in [-0.3, -0.25) is 0 Å². The first kappa shape index (κ1) is 12.7. The average Bonchev–Trinajstić information content (AvgIpc) is 2.36. The zero-order valence-electron chi connectivity index (χ0n) is 12.1. The van der Waals surface area contributed by atoms with E-state index in [9.17, 15) is 5.11 Å². The second-order valence-corrected chi connectivity index (χ2v) is 7.81. The minimum Gasteiger partial charge on any atom is -0.399 e. The molecule has 0 aliphatic heterocycles. The van der Waals surface area contributed by atoms with E-state index in [1.165, 1.54) is 38.5 Å². The lowest BCUT2D eigenvalue weighted by Crippen LogP contribution is -2.46. The Labute approximate surface area is 121 Å². The number of nitrogen functional groups attached to an aromatic ring is 1. The number of benzene rings is 1. The molecule has 0 saturated heterocycles. The Kier molecular flexibility index (Phi) is 2.85. The Bertz CT molecular complexity index is 475. The van der Waals surface area contributed by atoms with Crippen LogP contribution in [0.5, 0.6) is 0 Å². The minimum atomic E-state index is -0.338. The van der Waals surface area contributed by atoms with Gasteiger partial charge in [0.25, 0.3) is 0 Å². The maximum Gasteiger partial charge on any atom is 0.0796 e. The van der Waals surface area contributed by atoms with Crippen molar-refractivity contribution in [3.8, 4) is 0 Å². The highest BCUT2D eigenvalue weighted by atomic mass is 16.3. The van der Waals surface area contributed by atoms with E-state index in [2.05, 4.69) is 0 Å². The first-order valence-corrected chi connectivity index (χ1v) is 8.15. The van der Waals surface area contributed by atoms with Crippen LogP contribution in [0.4, 0.5) is 5.69 Å². The molecule has 0 radical (unpaired) electrons. The summed E-state index contributed by atoms with van der Waals surface area (Å²) in [4.78, 5) is 0. The van der Waals surface area contributed by atoms with Gasteiger partial charge in [0.2, 0.25) is 0 Å². The fraction of sp³-hybridized carbons (Fsp3) is 0.667. The molecule has 0 unspecified atom stereocenters. The maximum atomic E-state index is 10.6. The van der Waals surface area contributed by atoms with Crippen LogP contribution in [0, 0.1) is 23.2 Å². The van der Waals surface area contributed by atoms with Crippen molar-refractivity contribution < 1.29 is 5.11 Å². The van der Waals surface area contributed by atoms with Crippen LogP contribution in [0.25, 0.3) is 0 Å². The van der Waals surface area contributed by atoms with Crippen LogP contribution in [-0.2, 0) is 0 Å². The fourth-order valence-electron chi connectivity index (χ4n) is 5.83. The molecule has 4 bridgehead atoms. The van der Waals surface area contributed by atoms with E-state index in [1.54, 1.807) is 0 Å². The quantitative estimate of drug-likeness (QED) is 0.819. The Balaban J connectivity index is 1.53. The summed E-state index contributed by atoms with van der Waals surface area (Å²) < 4.78 is 0. The molecule has 3 N–H and O–H groups in total. The molecule has 2 heteroatoms. The summed E-state index contributed by atoms with van der Waals surface area (Å²) in [5.74, 6) is 2.86. The van der Waals surface area contributed by atoms with E-state index in [-0.39, 0.29) is 6.10 Å². The summed E-state index contributed by atoms with van der Waals surface area (Å²) in [6.07, 6.45) is 9.08. The average molecular weight is 271 g/mol. The van der Waals surface area contributed by atoms with E-state index in [0.717, 1.165) is 35.4 Å². The van der Waals surface area contributed by atoms with Crippen molar-refractivity contribution in [3.05, 3.63) is 29.8 Å². The zero-order chi connectivity index (χ0) is 13.7. The van der Waals surface area contributed by atoms with Crippen LogP contribution < -0.4 is 5.73 Å². The standard InChI is InChI=1S/C18H25NO/c19-16-3-1-2-15(7-16)17(20)11-18-8-12-4-13(9-18)6-14(5-12)10-18/h1-3,7,12-14,17,20H,4-6,8-11,19H2/t12?,13?,14?,17-,18?/m0/s1. The number of hydrogen-bond donors (Lipinski definition) is 2. The molecule has 1 aromatic carbocycles. The van der Waals surface area contributed by atoms with Gasteiger partial charge in [-0.05, 0) is 85.8 Å². The summed E-state index contributed by atoms with van der Waals surface area (Å²) in [6, 6.07) is 7.79. The van der Waals surface area contributed by atoms with Gasteiger partial charge >= 0.3 is 0 Å². The van der Waals surface area contributed by atoms with Crippen LogP contribution in [0.15, 0.2) is 24.3 Å². The first-order chi connectivity index (χ1) is 9.62. The van der Waals surface area contributed by atoms with Crippen molar-refractivity contribution >= 4 is 5.69 Å². The molecule has 0 heterocycles. The Morgan fingerprint density at radius 2 is 1.70 bits per heavy atom. The molecular weight excluding hydrogens is 246 g/mol. The molecule has 20 heavy (non-hydrogen) atoms. The molecule has 2 nitrogen and oxygen atoms in total. The first-order valence-electron chi connectivity index (χ1n) is 8.15. The Hall–Kier alpha value is -1.02. The highest BCUT2D eigenvalue weighted by Crippen LogP contribution is 2.62. The van der Waals surface area contributed by atoms with Gasteiger partial charge < -0.3 is 10.8 Å². The van der Waals surface area contributed by atoms with Gasteiger partial charge in [-0.2, -0.15) is 0 Å². The van der Waals surface area contributed by atoms with Crippen molar-refractivity contribution in [1.82, 2.24) is 0 Å². The summed E-state index contributed by atoms with van der Waals surface area (Å²) >= 11 is 0. The van der Waals surface area contributed by atoms with E-state index in [0.29, 0.717) is 5.41 Å². The van der Waals surface area contributed by atoms with Gasteiger partial charge in [-0.15, -0.1) is 0 Å². The largest absolute Gasteiger partial charge is 0.399 e. The number of anilines is 1. The maximum absolute atomic E-state index is 10.6. The summed E-state index contributed by atoms with van der Waals surface area (Å²) in [7, 11) is 0. The predicted octanol–water partition coefficient (Wildman–Crippen LogP) is 3.91. The van der Waals surface area contributed by atoms with E-state index < -0.39 is 0 Å². The molecule has 0 amide bonds. The second-order valence-electron chi connectivity index (χ2n) is 7.81. The molecule has 4 fully saturated rings.